The summed E-state index contributed by atoms with van der Waals surface area (Å²) in [6.07, 6.45) is 2.93. The molecule has 0 aromatic heterocycles. The number of hydrogen-bond acceptors (Lipinski definition) is 5. The van der Waals surface area contributed by atoms with Gasteiger partial charge in [-0.3, -0.25) is 14.4 Å². The Morgan fingerprint density at radius 3 is 2.60 bits per heavy atom. The monoisotopic (exact) mass is 487 g/mol. The van der Waals surface area contributed by atoms with E-state index >= 15 is 0 Å². The molecule has 3 amide bonds. The van der Waals surface area contributed by atoms with Crippen LogP contribution in [0.2, 0.25) is 0 Å². The van der Waals surface area contributed by atoms with Gasteiger partial charge in [0.05, 0.1) is 30.6 Å². The second-order valence-electron chi connectivity index (χ2n) is 9.02. The van der Waals surface area contributed by atoms with Gasteiger partial charge in [0.25, 0.3) is 0 Å². The molecule has 3 unspecified atom stereocenters. The number of rotatable bonds is 9. The number of aliphatic hydroxyl groups is 1. The van der Waals surface area contributed by atoms with E-state index < -0.39 is 35.6 Å². The Labute approximate surface area is 186 Å². The van der Waals surface area contributed by atoms with Gasteiger partial charge in [0, 0.05) is 18.4 Å². The molecule has 3 fully saturated rings. The van der Waals surface area contributed by atoms with Gasteiger partial charge < -0.3 is 25.4 Å². The fourth-order valence-corrected chi connectivity index (χ4v) is 6.44. The van der Waals surface area contributed by atoms with Gasteiger partial charge in [-0.05, 0) is 18.8 Å². The number of unbranched alkanes of at least 4 members (excludes halogenated alkanes) is 2. The molecule has 170 valence electrons. The molecular weight excluding hydrogens is 454 g/mol. The third-order valence-corrected chi connectivity index (χ3v) is 7.76. The summed E-state index contributed by atoms with van der Waals surface area (Å²) in [6.45, 7) is 6.20. The van der Waals surface area contributed by atoms with Gasteiger partial charge in [-0.25, -0.2) is 0 Å². The number of nitrogens with zero attached hydrogens (tertiary/aromatic N) is 1. The van der Waals surface area contributed by atoms with Crippen molar-refractivity contribution in [1.29, 1.82) is 0 Å². The van der Waals surface area contributed by atoms with Crippen LogP contribution < -0.4 is 10.6 Å². The lowest BCUT2D eigenvalue weighted by atomic mass is 9.70. The average molecular weight is 488 g/mol. The van der Waals surface area contributed by atoms with Crippen molar-refractivity contribution in [3.05, 3.63) is 0 Å². The average Bonchev–Trinajstić information content (AvgIpc) is 3.29. The first-order valence-electron chi connectivity index (χ1n) is 11.0. The highest BCUT2D eigenvalue weighted by molar-refractivity contribution is 9.09. The third-order valence-electron chi connectivity index (χ3n) is 6.92. The maximum absolute atomic E-state index is 13.7. The van der Waals surface area contributed by atoms with Crippen LogP contribution in [0.1, 0.15) is 46.5 Å². The molecule has 3 saturated heterocycles. The first-order valence-corrected chi connectivity index (χ1v) is 11.9. The molecule has 7 atom stereocenters. The van der Waals surface area contributed by atoms with Crippen molar-refractivity contribution in [2.24, 2.45) is 17.8 Å². The summed E-state index contributed by atoms with van der Waals surface area (Å²) in [7, 11) is 1.55. The van der Waals surface area contributed by atoms with E-state index in [9.17, 15) is 19.5 Å². The van der Waals surface area contributed by atoms with Crippen LogP contribution in [0.25, 0.3) is 0 Å². The summed E-state index contributed by atoms with van der Waals surface area (Å²) >= 11 is 3.62. The number of fused-ring (bicyclic) bond motifs is 1. The van der Waals surface area contributed by atoms with E-state index in [0.29, 0.717) is 13.0 Å². The second kappa shape index (κ2) is 9.12. The van der Waals surface area contributed by atoms with Crippen LogP contribution in [-0.4, -0.2) is 76.5 Å². The maximum Gasteiger partial charge on any atom is 0.245 e. The van der Waals surface area contributed by atoms with Gasteiger partial charge in [-0.2, -0.15) is 0 Å². The summed E-state index contributed by atoms with van der Waals surface area (Å²) < 4.78 is 6.36. The molecule has 30 heavy (non-hydrogen) atoms. The summed E-state index contributed by atoms with van der Waals surface area (Å²) in [5.74, 6) is -2.23. The predicted molar refractivity (Wildman–Crippen MR) is 115 cm³/mol. The zero-order chi connectivity index (χ0) is 22.2. The van der Waals surface area contributed by atoms with E-state index in [1.165, 1.54) is 4.90 Å². The standard InChI is InChI=1S/C21H34BrN3O5/c1-5-6-7-8-24-19(28)17-21-9-12(22)16(30-21)14(18(27)23-4)15(21)20(29)25(17)13(10-26)11(2)3/h11-17,26H,5-10H2,1-4H3,(H,23,27)(H,24,28)/t12?,13-,14+,15-,16+,17?,21?/m0/s1. The van der Waals surface area contributed by atoms with E-state index in [1.54, 1.807) is 7.05 Å². The number of amides is 3. The number of likely N-dealkylation sites (tertiary alicyclic amines) is 1. The first kappa shape index (κ1) is 23.5. The minimum atomic E-state index is -1.07. The Hall–Kier alpha value is -1.19. The van der Waals surface area contributed by atoms with Crippen LogP contribution in [0, 0.1) is 17.8 Å². The quantitative estimate of drug-likeness (QED) is 0.329. The summed E-state index contributed by atoms with van der Waals surface area (Å²) in [4.78, 5) is 41.2. The lowest BCUT2D eigenvalue weighted by Gasteiger charge is -2.38. The number of ether oxygens (including phenoxy) is 1. The van der Waals surface area contributed by atoms with E-state index in [4.69, 9.17) is 4.74 Å². The van der Waals surface area contributed by atoms with E-state index in [-0.39, 0.29) is 35.1 Å². The predicted octanol–water partition coefficient (Wildman–Crippen LogP) is 0.804. The zero-order valence-electron chi connectivity index (χ0n) is 18.2. The number of alkyl halides is 1. The van der Waals surface area contributed by atoms with Crippen molar-refractivity contribution in [3.63, 3.8) is 0 Å². The van der Waals surface area contributed by atoms with E-state index in [0.717, 1.165) is 19.3 Å². The highest BCUT2D eigenvalue weighted by atomic mass is 79.9. The van der Waals surface area contributed by atoms with Crippen LogP contribution in [0.3, 0.4) is 0 Å². The number of aliphatic hydroxyl groups excluding tert-OH is 1. The minimum Gasteiger partial charge on any atom is -0.394 e. The van der Waals surface area contributed by atoms with Gasteiger partial charge in [0.15, 0.2) is 0 Å². The molecule has 3 aliphatic rings. The number of nitrogens with one attached hydrogen (secondary N) is 2. The molecular formula is C21H34BrN3O5. The molecule has 1 spiro atoms. The smallest absolute Gasteiger partial charge is 0.245 e. The van der Waals surface area contributed by atoms with E-state index in [2.05, 4.69) is 33.5 Å². The van der Waals surface area contributed by atoms with Crippen LogP contribution in [0.15, 0.2) is 0 Å². The van der Waals surface area contributed by atoms with E-state index in [1.807, 2.05) is 13.8 Å². The molecule has 0 aliphatic carbocycles. The molecule has 0 aromatic rings. The highest BCUT2D eigenvalue weighted by Gasteiger charge is 2.77. The Balaban J connectivity index is 2.00. The van der Waals surface area contributed by atoms with Crippen LogP contribution in [0.5, 0.6) is 0 Å². The van der Waals surface area contributed by atoms with Crippen molar-refractivity contribution in [3.8, 4) is 0 Å². The maximum atomic E-state index is 13.7. The SMILES string of the molecule is CCCCCNC(=O)C1N([C@@H](CO)C(C)C)C(=O)[C@@H]2[C@@H](C(=O)NC)[C@@H]3OC12CC3Br. The van der Waals surface area contributed by atoms with Crippen molar-refractivity contribution in [2.45, 2.75) is 75.1 Å². The summed E-state index contributed by atoms with van der Waals surface area (Å²) in [6, 6.07) is -1.39. The number of carbonyl (C=O) groups excluding carboxylic acids is 3. The Morgan fingerprint density at radius 2 is 2.03 bits per heavy atom. The molecule has 3 rings (SSSR count). The third kappa shape index (κ3) is 3.56. The Bertz CT molecular complexity index is 690. The van der Waals surface area contributed by atoms with Crippen LogP contribution in [-0.2, 0) is 19.1 Å². The van der Waals surface area contributed by atoms with Gasteiger partial charge in [0.1, 0.15) is 11.6 Å². The molecule has 0 radical (unpaired) electrons. The Morgan fingerprint density at radius 1 is 1.33 bits per heavy atom. The molecule has 0 saturated carbocycles. The van der Waals surface area contributed by atoms with Crippen LogP contribution >= 0.6 is 15.9 Å². The topological polar surface area (TPSA) is 108 Å². The fourth-order valence-electron chi connectivity index (χ4n) is 5.49. The Kier molecular flexibility index (Phi) is 7.14. The molecule has 2 bridgehead atoms. The largest absolute Gasteiger partial charge is 0.394 e. The van der Waals surface area contributed by atoms with Gasteiger partial charge in [-0.1, -0.05) is 49.5 Å². The van der Waals surface area contributed by atoms with Gasteiger partial charge in [0.2, 0.25) is 17.7 Å². The first-order chi connectivity index (χ1) is 14.2. The minimum absolute atomic E-state index is 0.0556. The normalized spacial score (nSPS) is 35.6. The number of hydrogen-bond donors (Lipinski definition) is 3. The summed E-state index contributed by atoms with van der Waals surface area (Å²) in [5, 5.41) is 15.7. The lowest BCUT2D eigenvalue weighted by Crippen LogP contribution is -2.59. The van der Waals surface area contributed by atoms with Crippen molar-refractivity contribution < 1.29 is 24.2 Å². The van der Waals surface area contributed by atoms with Crippen LogP contribution in [0.4, 0.5) is 0 Å². The zero-order valence-corrected chi connectivity index (χ0v) is 19.8. The number of carbonyl (C=O) groups is 3. The lowest BCUT2D eigenvalue weighted by molar-refractivity contribution is -0.146. The molecule has 8 nitrogen and oxygen atoms in total. The van der Waals surface area contributed by atoms with Gasteiger partial charge in [-0.15, -0.1) is 0 Å². The van der Waals surface area contributed by atoms with Crippen molar-refractivity contribution in [2.75, 3.05) is 20.2 Å². The second-order valence-corrected chi connectivity index (χ2v) is 10.2. The van der Waals surface area contributed by atoms with Crippen molar-refractivity contribution in [1.82, 2.24) is 15.5 Å². The molecule has 0 aromatic carbocycles. The molecule has 9 heteroatoms. The summed E-state index contributed by atoms with van der Waals surface area (Å²) in [5.41, 5.74) is -1.07. The number of halogens is 1. The van der Waals surface area contributed by atoms with Crippen molar-refractivity contribution >= 4 is 33.7 Å². The molecule has 3 aliphatic heterocycles. The molecule has 3 N–H and O–H groups in total. The van der Waals surface area contributed by atoms with Gasteiger partial charge >= 0.3 is 0 Å². The molecule has 3 heterocycles. The highest BCUT2D eigenvalue weighted by Crippen LogP contribution is 2.60. The fraction of sp³-hybridized carbons (Fsp3) is 0.857.